The Labute approximate surface area is 126 Å². The molecule has 21 heavy (non-hydrogen) atoms. The molecule has 1 saturated carbocycles. The first-order chi connectivity index (χ1) is 10.3. The van der Waals surface area contributed by atoms with Crippen molar-refractivity contribution in [2.45, 2.75) is 32.1 Å². The zero-order valence-electron chi connectivity index (χ0n) is 12.8. The van der Waals surface area contributed by atoms with Crippen molar-refractivity contribution in [2.75, 3.05) is 26.9 Å². The van der Waals surface area contributed by atoms with E-state index < -0.39 is 0 Å². The maximum absolute atomic E-state index is 11.7. The molecule has 0 saturated heterocycles. The van der Waals surface area contributed by atoms with Crippen molar-refractivity contribution in [1.82, 2.24) is 5.32 Å². The third-order valence-electron chi connectivity index (χ3n) is 3.61. The fourth-order valence-electron chi connectivity index (χ4n) is 2.11. The highest BCUT2D eigenvalue weighted by Crippen LogP contribution is 2.28. The van der Waals surface area contributed by atoms with E-state index in [2.05, 4.69) is 5.32 Å². The lowest BCUT2D eigenvalue weighted by Crippen LogP contribution is -2.25. The molecule has 1 fully saturated rings. The third-order valence-corrected chi connectivity index (χ3v) is 3.61. The zero-order chi connectivity index (χ0) is 14.9. The van der Waals surface area contributed by atoms with Crippen molar-refractivity contribution in [3.05, 3.63) is 29.8 Å². The van der Waals surface area contributed by atoms with Crippen molar-refractivity contribution in [2.24, 2.45) is 5.92 Å². The number of nitrogens with one attached hydrogen (secondary N) is 1. The van der Waals surface area contributed by atoms with Crippen LogP contribution in [0.1, 0.15) is 31.2 Å². The van der Waals surface area contributed by atoms with E-state index in [1.54, 1.807) is 7.11 Å². The minimum atomic E-state index is 0.0972. The Morgan fingerprint density at radius 2 is 2.24 bits per heavy atom. The molecule has 1 aromatic carbocycles. The zero-order valence-corrected chi connectivity index (χ0v) is 12.8. The second-order valence-electron chi connectivity index (χ2n) is 5.57. The van der Waals surface area contributed by atoms with Gasteiger partial charge in [0, 0.05) is 26.2 Å². The summed E-state index contributed by atoms with van der Waals surface area (Å²) in [5, 5.41) is 2.94. The van der Waals surface area contributed by atoms with Gasteiger partial charge in [-0.15, -0.1) is 0 Å². The van der Waals surface area contributed by atoms with Crippen LogP contribution in [0.15, 0.2) is 24.3 Å². The van der Waals surface area contributed by atoms with Gasteiger partial charge in [-0.25, -0.2) is 0 Å². The Hall–Kier alpha value is -1.55. The topological polar surface area (TPSA) is 47.6 Å². The van der Waals surface area contributed by atoms with Gasteiger partial charge in [-0.3, -0.25) is 4.79 Å². The molecule has 1 aliphatic rings. The molecule has 0 heterocycles. The number of benzene rings is 1. The summed E-state index contributed by atoms with van der Waals surface area (Å²) in [6, 6.07) is 7.84. The quantitative estimate of drug-likeness (QED) is 0.674. The van der Waals surface area contributed by atoms with Crippen LogP contribution in [0.4, 0.5) is 0 Å². The highest BCUT2D eigenvalue weighted by atomic mass is 16.5. The van der Waals surface area contributed by atoms with E-state index in [9.17, 15) is 4.79 Å². The number of carbonyl (C=O) groups is 1. The summed E-state index contributed by atoms with van der Waals surface area (Å²) in [6.45, 7) is 2.33. The predicted octanol–water partition coefficient (Wildman–Crippen LogP) is 2.56. The smallest absolute Gasteiger partial charge is 0.220 e. The Balaban J connectivity index is 1.52. The highest BCUT2D eigenvalue weighted by molar-refractivity contribution is 5.76. The lowest BCUT2D eigenvalue weighted by atomic mass is 10.1. The molecular formula is C17H25NO3. The van der Waals surface area contributed by atoms with Crippen molar-refractivity contribution >= 4 is 5.91 Å². The molecule has 0 unspecified atom stereocenters. The predicted molar refractivity (Wildman–Crippen MR) is 82.5 cm³/mol. The number of aryl methyl sites for hydroxylation is 1. The van der Waals surface area contributed by atoms with E-state index >= 15 is 0 Å². The second-order valence-corrected chi connectivity index (χ2v) is 5.57. The molecule has 0 aromatic heterocycles. The average molecular weight is 291 g/mol. The maximum atomic E-state index is 11.7. The standard InChI is InChI=1S/C17H25NO3/c1-20-16-5-2-4-14(12-16)8-9-17(19)18-10-3-11-21-13-15-6-7-15/h2,4-5,12,15H,3,6-11,13H2,1H3,(H,18,19). The highest BCUT2D eigenvalue weighted by Gasteiger charge is 2.20. The lowest BCUT2D eigenvalue weighted by Gasteiger charge is -2.07. The fourth-order valence-corrected chi connectivity index (χ4v) is 2.11. The average Bonchev–Trinajstić information content (AvgIpc) is 3.33. The van der Waals surface area contributed by atoms with Gasteiger partial charge in [0.25, 0.3) is 0 Å². The molecule has 0 atom stereocenters. The second kappa shape index (κ2) is 8.67. The summed E-state index contributed by atoms with van der Waals surface area (Å²) in [5.74, 6) is 1.74. The van der Waals surface area contributed by atoms with Crippen LogP contribution in [-0.4, -0.2) is 32.8 Å². The molecule has 0 aliphatic heterocycles. The van der Waals surface area contributed by atoms with Gasteiger partial charge in [-0.2, -0.15) is 0 Å². The van der Waals surface area contributed by atoms with Gasteiger partial charge >= 0.3 is 0 Å². The van der Waals surface area contributed by atoms with Crippen LogP contribution in [0.5, 0.6) is 5.75 Å². The van der Waals surface area contributed by atoms with Gasteiger partial charge in [0.05, 0.1) is 7.11 Å². The molecule has 4 heteroatoms. The summed E-state index contributed by atoms with van der Waals surface area (Å²) < 4.78 is 10.7. The molecule has 0 radical (unpaired) electrons. The molecule has 116 valence electrons. The van der Waals surface area contributed by atoms with Crippen molar-refractivity contribution in [3.8, 4) is 5.75 Å². The van der Waals surface area contributed by atoms with Crippen molar-refractivity contribution < 1.29 is 14.3 Å². The van der Waals surface area contributed by atoms with Gasteiger partial charge < -0.3 is 14.8 Å². The molecule has 2 rings (SSSR count). The first-order valence-electron chi connectivity index (χ1n) is 7.75. The van der Waals surface area contributed by atoms with Crippen LogP contribution >= 0.6 is 0 Å². The van der Waals surface area contributed by atoms with E-state index in [-0.39, 0.29) is 5.91 Å². The minimum Gasteiger partial charge on any atom is -0.497 e. The van der Waals surface area contributed by atoms with Crippen LogP contribution in [-0.2, 0) is 16.0 Å². The number of ether oxygens (including phenoxy) is 2. The Kier molecular flexibility index (Phi) is 6.54. The van der Waals surface area contributed by atoms with E-state index in [1.807, 2.05) is 24.3 Å². The molecular weight excluding hydrogens is 266 g/mol. The van der Waals surface area contributed by atoms with E-state index in [0.717, 1.165) is 43.3 Å². The van der Waals surface area contributed by atoms with Gasteiger partial charge in [0.15, 0.2) is 0 Å². The van der Waals surface area contributed by atoms with Crippen LogP contribution in [0.2, 0.25) is 0 Å². The summed E-state index contributed by atoms with van der Waals surface area (Å²) >= 11 is 0. The third kappa shape index (κ3) is 6.63. The summed E-state index contributed by atoms with van der Waals surface area (Å²) in [5.41, 5.74) is 1.12. The number of hydrogen-bond acceptors (Lipinski definition) is 3. The molecule has 0 spiro atoms. The normalized spacial score (nSPS) is 14.0. The minimum absolute atomic E-state index is 0.0972. The summed E-state index contributed by atoms with van der Waals surface area (Å²) in [7, 11) is 1.65. The largest absolute Gasteiger partial charge is 0.497 e. The number of carbonyl (C=O) groups excluding carboxylic acids is 1. The number of amides is 1. The van der Waals surface area contributed by atoms with E-state index in [4.69, 9.17) is 9.47 Å². The van der Waals surface area contributed by atoms with Gasteiger partial charge in [0.1, 0.15) is 5.75 Å². The van der Waals surface area contributed by atoms with Crippen LogP contribution in [0.25, 0.3) is 0 Å². The Bertz CT molecular complexity index is 443. The first kappa shape index (κ1) is 15.8. The molecule has 1 N–H and O–H groups in total. The number of rotatable bonds is 10. The SMILES string of the molecule is COc1cccc(CCC(=O)NCCCOCC2CC2)c1. The van der Waals surface area contributed by atoms with Gasteiger partial charge in [-0.05, 0) is 49.3 Å². The molecule has 1 aliphatic carbocycles. The van der Waals surface area contributed by atoms with Gasteiger partial charge in [0.2, 0.25) is 5.91 Å². The van der Waals surface area contributed by atoms with Crippen LogP contribution in [0.3, 0.4) is 0 Å². The molecule has 1 amide bonds. The monoisotopic (exact) mass is 291 g/mol. The summed E-state index contributed by atoms with van der Waals surface area (Å²) in [6.07, 6.45) is 4.77. The number of methoxy groups -OCH3 is 1. The van der Waals surface area contributed by atoms with E-state index in [0.29, 0.717) is 13.0 Å². The first-order valence-corrected chi connectivity index (χ1v) is 7.75. The maximum Gasteiger partial charge on any atom is 0.220 e. The van der Waals surface area contributed by atoms with Crippen molar-refractivity contribution in [1.29, 1.82) is 0 Å². The van der Waals surface area contributed by atoms with Crippen molar-refractivity contribution in [3.63, 3.8) is 0 Å². The van der Waals surface area contributed by atoms with Crippen LogP contribution in [0, 0.1) is 5.92 Å². The Morgan fingerprint density at radius 1 is 1.38 bits per heavy atom. The summed E-state index contributed by atoms with van der Waals surface area (Å²) in [4.78, 5) is 11.7. The molecule has 1 aromatic rings. The lowest BCUT2D eigenvalue weighted by molar-refractivity contribution is -0.121. The van der Waals surface area contributed by atoms with Crippen LogP contribution < -0.4 is 10.1 Å². The number of hydrogen-bond donors (Lipinski definition) is 1. The Morgan fingerprint density at radius 3 is 3.00 bits per heavy atom. The molecule has 0 bridgehead atoms. The van der Waals surface area contributed by atoms with E-state index in [1.165, 1.54) is 12.8 Å². The van der Waals surface area contributed by atoms with Gasteiger partial charge in [-0.1, -0.05) is 12.1 Å². The molecule has 4 nitrogen and oxygen atoms in total. The fraction of sp³-hybridized carbons (Fsp3) is 0.588.